The van der Waals surface area contributed by atoms with Crippen molar-refractivity contribution < 1.29 is 22.4 Å². The first-order valence-electron chi connectivity index (χ1n) is 12.9. The van der Waals surface area contributed by atoms with Crippen LogP contribution in [0.1, 0.15) is 54.7 Å². The highest BCUT2D eigenvalue weighted by molar-refractivity contribution is 6.36. The molecule has 196 valence electrons. The molecule has 1 saturated heterocycles. The molecule has 7 nitrogen and oxygen atoms in total. The maximum Gasteiger partial charge on any atom is 0.433 e. The third-order valence-corrected chi connectivity index (χ3v) is 9.39. The molecular weight excluding hydrogens is 507 g/mol. The van der Waals surface area contributed by atoms with Crippen LogP contribution in [0, 0.1) is 17.8 Å². The summed E-state index contributed by atoms with van der Waals surface area (Å²) in [7, 11) is 0. The monoisotopic (exact) mass is 533 g/mol. The number of hydrogen-bond donors (Lipinski definition) is 0. The van der Waals surface area contributed by atoms with E-state index in [0.29, 0.717) is 17.6 Å². The number of aromatic nitrogens is 3. The molecule has 5 aliphatic rings. The van der Waals surface area contributed by atoms with Crippen LogP contribution >= 0.6 is 11.6 Å². The van der Waals surface area contributed by atoms with Gasteiger partial charge in [0.2, 0.25) is 0 Å². The number of halogens is 4. The molecule has 1 aliphatic heterocycles. The Balaban J connectivity index is 1.15. The summed E-state index contributed by atoms with van der Waals surface area (Å²) in [6.45, 7) is 2.53. The average molecular weight is 534 g/mol. The van der Waals surface area contributed by atoms with E-state index < -0.39 is 17.8 Å². The van der Waals surface area contributed by atoms with E-state index in [-0.39, 0.29) is 33.4 Å². The third-order valence-electron chi connectivity index (χ3n) is 9.04. The predicted octanol–water partition coefficient (Wildman–Crippen LogP) is 5.39. The number of amides is 1. The van der Waals surface area contributed by atoms with E-state index in [2.05, 4.69) is 15.0 Å². The van der Waals surface area contributed by atoms with Crippen molar-refractivity contribution in [1.82, 2.24) is 24.4 Å². The van der Waals surface area contributed by atoms with E-state index in [9.17, 15) is 18.0 Å². The van der Waals surface area contributed by atoms with Gasteiger partial charge in [-0.3, -0.25) is 9.69 Å². The molecule has 8 rings (SSSR count). The molecular formula is C26H27ClF3N5O2. The maximum absolute atomic E-state index is 13.9. The molecule has 0 unspecified atom stereocenters. The van der Waals surface area contributed by atoms with Crippen molar-refractivity contribution in [3.05, 3.63) is 40.9 Å². The molecule has 0 N–H and O–H groups in total. The van der Waals surface area contributed by atoms with E-state index in [1.165, 1.54) is 50.9 Å². The second-order valence-corrected chi connectivity index (χ2v) is 11.7. The smallest absolute Gasteiger partial charge is 0.433 e. The molecule has 11 heteroatoms. The number of piperazine rings is 1. The molecule has 3 aromatic rings. The normalized spacial score (nSPS) is 29.9. The van der Waals surface area contributed by atoms with E-state index in [0.717, 1.165) is 36.9 Å². The molecule has 37 heavy (non-hydrogen) atoms. The summed E-state index contributed by atoms with van der Waals surface area (Å²) >= 11 is 6.46. The number of rotatable bonds is 3. The Kier molecular flexibility index (Phi) is 5.21. The standard InChI is InChI=1S/C26H27ClF3N5O2/c27-21-22(32-35-20(26(28,29)30)11-18(31-23(21)35)19-2-1-7-37-19)24(36)33-3-5-34(6-4-33)25-12-15-8-16(13-25)10-17(9-15)14-25/h1-2,7,11,15-17H,3-6,8-10,12-14H2. The summed E-state index contributed by atoms with van der Waals surface area (Å²) < 4.78 is 47.6. The number of carbonyl (C=O) groups excluding carboxylic acids is 1. The van der Waals surface area contributed by atoms with Crippen LogP contribution in [0.25, 0.3) is 17.1 Å². The Hall–Kier alpha value is -2.59. The molecule has 4 aliphatic carbocycles. The fourth-order valence-corrected chi connectivity index (χ4v) is 8.11. The van der Waals surface area contributed by atoms with Crippen LogP contribution in [0.2, 0.25) is 5.02 Å². The molecule has 0 aromatic carbocycles. The molecule has 3 aromatic heterocycles. The summed E-state index contributed by atoms with van der Waals surface area (Å²) in [6, 6.07) is 3.93. The van der Waals surface area contributed by atoms with Gasteiger partial charge in [0, 0.05) is 31.7 Å². The van der Waals surface area contributed by atoms with E-state index in [1.54, 1.807) is 11.0 Å². The average Bonchev–Trinajstić information content (AvgIpc) is 3.50. The van der Waals surface area contributed by atoms with Gasteiger partial charge in [0.15, 0.2) is 22.8 Å². The SMILES string of the molecule is O=C(c1nn2c(C(F)(F)F)cc(-c3ccco3)nc2c1Cl)N1CCN(C23CC4CC(CC(C4)C2)C3)CC1. The first-order chi connectivity index (χ1) is 17.7. The zero-order valence-electron chi connectivity index (χ0n) is 20.2. The molecule has 0 atom stereocenters. The number of alkyl halides is 3. The highest BCUT2D eigenvalue weighted by Crippen LogP contribution is 2.57. The fourth-order valence-electron chi connectivity index (χ4n) is 7.87. The van der Waals surface area contributed by atoms with Crippen molar-refractivity contribution in [3.63, 3.8) is 0 Å². The highest BCUT2D eigenvalue weighted by Gasteiger charge is 2.53. The topological polar surface area (TPSA) is 66.9 Å². The minimum Gasteiger partial charge on any atom is -0.463 e. The lowest BCUT2D eigenvalue weighted by Crippen LogP contribution is -2.64. The van der Waals surface area contributed by atoms with Crippen molar-refractivity contribution in [2.75, 3.05) is 26.2 Å². The Morgan fingerprint density at radius 1 is 1.05 bits per heavy atom. The second kappa shape index (κ2) is 8.20. The Labute approximate surface area is 216 Å². The third kappa shape index (κ3) is 3.78. The van der Waals surface area contributed by atoms with Gasteiger partial charge in [-0.1, -0.05) is 11.6 Å². The fraction of sp³-hybridized carbons (Fsp3) is 0.577. The molecule has 0 radical (unpaired) electrons. The van der Waals surface area contributed by atoms with Crippen LogP contribution in [0.15, 0.2) is 28.9 Å². The zero-order valence-corrected chi connectivity index (χ0v) is 20.9. The summed E-state index contributed by atoms with van der Waals surface area (Å²) in [6.07, 6.45) is 4.52. The lowest BCUT2D eigenvalue weighted by molar-refractivity contribution is -0.142. The summed E-state index contributed by atoms with van der Waals surface area (Å²) in [5.41, 5.74) is -1.28. The van der Waals surface area contributed by atoms with Gasteiger partial charge in [-0.05, 0) is 74.5 Å². The van der Waals surface area contributed by atoms with E-state index in [1.807, 2.05) is 0 Å². The van der Waals surface area contributed by atoms with Crippen LogP contribution in [-0.2, 0) is 6.18 Å². The van der Waals surface area contributed by atoms with Crippen LogP contribution in [0.4, 0.5) is 13.2 Å². The number of furan rings is 1. The van der Waals surface area contributed by atoms with Gasteiger partial charge in [0.05, 0.1) is 6.26 Å². The number of fused-ring (bicyclic) bond motifs is 1. The summed E-state index contributed by atoms with van der Waals surface area (Å²) in [4.78, 5) is 21.9. The van der Waals surface area contributed by atoms with Gasteiger partial charge < -0.3 is 9.32 Å². The minimum absolute atomic E-state index is 0.0326. The van der Waals surface area contributed by atoms with Gasteiger partial charge in [0.25, 0.3) is 5.91 Å². The molecule has 4 saturated carbocycles. The van der Waals surface area contributed by atoms with Crippen LogP contribution < -0.4 is 0 Å². The zero-order chi connectivity index (χ0) is 25.5. The van der Waals surface area contributed by atoms with Gasteiger partial charge in [0.1, 0.15) is 10.7 Å². The predicted molar refractivity (Wildman–Crippen MR) is 129 cm³/mol. The van der Waals surface area contributed by atoms with E-state index in [4.69, 9.17) is 16.0 Å². The van der Waals surface area contributed by atoms with Crippen molar-refractivity contribution in [2.24, 2.45) is 17.8 Å². The lowest BCUT2D eigenvalue weighted by Gasteiger charge is -2.61. The van der Waals surface area contributed by atoms with Crippen LogP contribution in [0.5, 0.6) is 0 Å². The number of nitrogens with zero attached hydrogens (tertiary/aromatic N) is 5. The molecule has 5 fully saturated rings. The largest absolute Gasteiger partial charge is 0.463 e. The molecule has 4 heterocycles. The Morgan fingerprint density at radius 2 is 1.70 bits per heavy atom. The Bertz CT molecular complexity index is 1330. The second-order valence-electron chi connectivity index (χ2n) is 11.3. The van der Waals surface area contributed by atoms with Gasteiger partial charge in [-0.25, -0.2) is 9.50 Å². The van der Waals surface area contributed by atoms with Gasteiger partial charge in [-0.15, -0.1) is 0 Å². The highest BCUT2D eigenvalue weighted by atomic mass is 35.5. The quantitative estimate of drug-likeness (QED) is 0.452. The van der Waals surface area contributed by atoms with Gasteiger partial charge in [-0.2, -0.15) is 18.3 Å². The number of carbonyl (C=O) groups is 1. The molecule has 4 bridgehead atoms. The Morgan fingerprint density at radius 3 is 2.27 bits per heavy atom. The summed E-state index contributed by atoms with van der Waals surface area (Å²) in [5, 5.41) is 3.83. The first-order valence-corrected chi connectivity index (χ1v) is 13.3. The van der Waals surface area contributed by atoms with Crippen LogP contribution in [0.3, 0.4) is 0 Å². The summed E-state index contributed by atoms with van der Waals surface area (Å²) in [5.74, 6) is 2.21. The first kappa shape index (κ1) is 23.5. The minimum atomic E-state index is -4.73. The lowest BCUT2D eigenvalue weighted by atomic mass is 9.52. The number of hydrogen-bond acceptors (Lipinski definition) is 5. The molecule has 1 amide bonds. The van der Waals surface area contributed by atoms with Crippen molar-refractivity contribution in [3.8, 4) is 11.5 Å². The van der Waals surface area contributed by atoms with E-state index >= 15 is 0 Å². The molecule has 0 spiro atoms. The maximum atomic E-state index is 13.9. The van der Waals surface area contributed by atoms with Crippen molar-refractivity contribution in [2.45, 2.75) is 50.2 Å². The van der Waals surface area contributed by atoms with Crippen LogP contribution in [-0.4, -0.2) is 62.0 Å². The van der Waals surface area contributed by atoms with Crippen molar-refractivity contribution in [1.29, 1.82) is 0 Å². The van der Waals surface area contributed by atoms with Gasteiger partial charge >= 0.3 is 6.18 Å². The van der Waals surface area contributed by atoms with Crippen molar-refractivity contribution >= 4 is 23.2 Å².